The fourth-order valence-corrected chi connectivity index (χ4v) is 2.03. The van der Waals surface area contributed by atoms with E-state index in [1.54, 1.807) is 18.2 Å². The molecule has 110 valence electrons. The van der Waals surface area contributed by atoms with Crippen LogP contribution in [0.5, 0.6) is 5.75 Å². The lowest BCUT2D eigenvalue weighted by Crippen LogP contribution is -2.10. The van der Waals surface area contributed by atoms with Crippen LogP contribution >= 0.6 is 0 Å². The zero-order valence-corrected chi connectivity index (χ0v) is 12.2. The van der Waals surface area contributed by atoms with Gasteiger partial charge in [-0.1, -0.05) is 30.3 Å². The van der Waals surface area contributed by atoms with Gasteiger partial charge >= 0.3 is 5.97 Å². The number of aromatic carboxylic acids is 1. The first-order chi connectivity index (χ1) is 10.1. The number of carboxylic acids is 1. The molecule has 0 bridgehead atoms. The van der Waals surface area contributed by atoms with Crippen molar-refractivity contribution < 1.29 is 14.6 Å². The average Bonchev–Trinajstić information content (AvgIpc) is 2.46. The second kappa shape index (κ2) is 6.79. The minimum Gasteiger partial charge on any atom is -0.491 e. The monoisotopic (exact) mass is 285 g/mol. The van der Waals surface area contributed by atoms with Crippen LogP contribution in [0.25, 0.3) is 0 Å². The van der Waals surface area contributed by atoms with E-state index in [9.17, 15) is 9.90 Å². The summed E-state index contributed by atoms with van der Waals surface area (Å²) in [6.45, 7) is 4.46. The second-order valence-electron chi connectivity index (χ2n) is 4.98. The summed E-state index contributed by atoms with van der Waals surface area (Å²) in [4.78, 5) is 11.2. The van der Waals surface area contributed by atoms with Crippen molar-refractivity contribution in [2.45, 2.75) is 26.5 Å². The molecule has 2 aromatic rings. The number of carbonyl (C=O) groups is 1. The summed E-state index contributed by atoms with van der Waals surface area (Å²) in [6, 6.07) is 14.6. The molecule has 0 aliphatic heterocycles. The number of hydrogen-bond acceptors (Lipinski definition) is 3. The van der Waals surface area contributed by atoms with E-state index in [1.807, 2.05) is 44.2 Å². The van der Waals surface area contributed by atoms with Gasteiger partial charge in [-0.05, 0) is 32.0 Å². The lowest BCUT2D eigenvalue weighted by molar-refractivity contribution is 0.0698. The quantitative estimate of drug-likeness (QED) is 0.848. The molecule has 2 aromatic carbocycles. The topological polar surface area (TPSA) is 58.6 Å². The third-order valence-corrected chi connectivity index (χ3v) is 2.96. The van der Waals surface area contributed by atoms with E-state index in [1.165, 1.54) is 0 Å². The summed E-state index contributed by atoms with van der Waals surface area (Å²) < 4.78 is 5.76. The first-order valence-corrected chi connectivity index (χ1v) is 6.88. The Kier molecular flexibility index (Phi) is 4.82. The number of rotatable bonds is 6. The number of ether oxygens (including phenoxy) is 1. The fraction of sp³-hybridized carbons (Fsp3) is 0.235. The Hall–Kier alpha value is -2.49. The van der Waals surface area contributed by atoms with E-state index in [0.29, 0.717) is 12.2 Å². The van der Waals surface area contributed by atoms with E-state index in [2.05, 4.69) is 5.32 Å². The number of nitrogens with one attached hydrogen (secondary N) is 1. The SMILES string of the molecule is CC(C)Oc1ccccc1CNc1ccccc1C(=O)O. The van der Waals surface area contributed by atoms with Gasteiger partial charge in [0.05, 0.1) is 11.7 Å². The zero-order chi connectivity index (χ0) is 15.2. The largest absolute Gasteiger partial charge is 0.491 e. The normalized spacial score (nSPS) is 10.4. The molecule has 0 heterocycles. The van der Waals surface area contributed by atoms with Gasteiger partial charge in [-0.2, -0.15) is 0 Å². The molecule has 21 heavy (non-hydrogen) atoms. The Morgan fingerprint density at radius 1 is 1.14 bits per heavy atom. The zero-order valence-electron chi connectivity index (χ0n) is 12.2. The first kappa shape index (κ1) is 14.9. The van der Waals surface area contributed by atoms with Gasteiger partial charge in [-0.15, -0.1) is 0 Å². The summed E-state index contributed by atoms with van der Waals surface area (Å²) in [5.41, 5.74) is 1.86. The molecule has 0 saturated carbocycles. The molecule has 0 unspecified atom stereocenters. The Bertz CT molecular complexity index is 623. The van der Waals surface area contributed by atoms with Crippen molar-refractivity contribution in [3.8, 4) is 5.75 Å². The van der Waals surface area contributed by atoms with E-state index in [0.717, 1.165) is 11.3 Å². The van der Waals surface area contributed by atoms with Crippen LogP contribution in [0.2, 0.25) is 0 Å². The molecule has 0 fully saturated rings. The summed E-state index contributed by atoms with van der Waals surface area (Å²) in [5, 5.41) is 12.3. The van der Waals surface area contributed by atoms with Crippen molar-refractivity contribution in [1.29, 1.82) is 0 Å². The molecule has 2 rings (SSSR count). The highest BCUT2D eigenvalue weighted by molar-refractivity contribution is 5.94. The van der Waals surface area contributed by atoms with Gasteiger partial charge < -0.3 is 15.2 Å². The molecular weight excluding hydrogens is 266 g/mol. The summed E-state index contributed by atoms with van der Waals surface area (Å²) in [7, 11) is 0. The lowest BCUT2D eigenvalue weighted by Gasteiger charge is -2.15. The van der Waals surface area contributed by atoms with E-state index in [4.69, 9.17) is 4.74 Å². The van der Waals surface area contributed by atoms with E-state index >= 15 is 0 Å². The van der Waals surface area contributed by atoms with E-state index < -0.39 is 5.97 Å². The highest BCUT2D eigenvalue weighted by Crippen LogP contribution is 2.22. The Balaban J connectivity index is 2.15. The second-order valence-corrected chi connectivity index (χ2v) is 4.98. The molecule has 0 atom stereocenters. The van der Waals surface area contributed by atoms with Gasteiger partial charge in [-0.3, -0.25) is 0 Å². The predicted molar refractivity (Wildman–Crippen MR) is 82.9 cm³/mol. The standard InChI is InChI=1S/C17H19NO3/c1-12(2)21-16-10-6-3-7-13(16)11-18-15-9-5-4-8-14(15)17(19)20/h3-10,12,18H,11H2,1-2H3,(H,19,20). The Morgan fingerprint density at radius 3 is 2.52 bits per heavy atom. The smallest absolute Gasteiger partial charge is 0.337 e. The number of carboxylic acid groups (broad SMARTS) is 1. The maximum atomic E-state index is 11.2. The van der Waals surface area contributed by atoms with Crippen LogP contribution in [0.1, 0.15) is 29.8 Å². The highest BCUT2D eigenvalue weighted by atomic mass is 16.5. The molecule has 0 aliphatic rings. The van der Waals surface area contributed by atoms with Crippen molar-refractivity contribution in [2.75, 3.05) is 5.32 Å². The molecule has 0 aromatic heterocycles. The third-order valence-electron chi connectivity index (χ3n) is 2.96. The number of anilines is 1. The van der Waals surface area contributed by atoms with Gasteiger partial charge in [-0.25, -0.2) is 4.79 Å². The van der Waals surface area contributed by atoms with Crippen LogP contribution in [0.3, 0.4) is 0 Å². The first-order valence-electron chi connectivity index (χ1n) is 6.88. The lowest BCUT2D eigenvalue weighted by atomic mass is 10.1. The average molecular weight is 285 g/mol. The minimum absolute atomic E-state index is 0.0949. The highest BCUT2D eigenvalue weighted by Gasteiger charge is 2.10. The van der Waals surface area contributed by atoms with Crippen molar-refractivity contribution >= 4 is 11.7 Å². The molecule has 0 amide bonds. The van der Waals surface area contributed by atoms with Crippen LogP contribution in [0.15, 0.2) is 48.5 Å². The van der Waals surface area contributed by atoms with Crippen LogP contribution in [-0.2, 0) is 6.54 Å². The summed E-state index contributed by atoms with van der Waals surface area (Å²) >= 11 is 0. The minimum atomic E-state index is -0.940. The van der Waals surface area contributed by atoms with Crippen LogP contribution in [-0.4, -0.2) is 17.2 Å². The molecular formula is C17H19NO3. The molecule has 0 aliphatic carbocycles. The number of para-hydroxylation sites is 2. The maximum Gasteiger partial charge on any atom is 0.337 e. The van der Waals surface area contributed by atoms with Crippen molar-refractivity contribution in [2.24, 2.45) is 0 Å². The molecule has 2 N–H and O–H groups in total. The van der Waals surface area contributed by atoms with Crippen molar-refractivity contribution in [1.82, 2.24) is 0 Å². The van der Waals surface area contributed by atoms with Crippen LogP contribution in [0.4, 0.5) is 5.69 Å². The van der Waals surface area contributed by atoms with Gasteiger partial charge in [0.1, 0.15) is 5.75 Å². The molecule has 0 spiro atoms. The van der Waals surface area contributed by atoms with E-state index in [-0.39, 0.29) is 11.7 Å². The van der Waals surface area contributed by atoms with Crippen molar-refractivity contribution in [3.05, 3.63) is 59.7 Å². The van der Waals surface area contributed by atoms with Gasteiger partial charge in [0.25, 0.3) is 0 Å². The van der Waals surface area contributed by atoms with Crippen LogP contribution in [0, 0.1) is 0 Å². The molecule has 4 nitrogen and oxygen atoms in total. The fourth-order valence-electron chi connectivity index (χ4n) is 2.03. The predicted octanol–water partition coefficient (Wildman–Crippen LogP) is 3.78. The maximum absolute atomic E-state index is 11.2. The van der Waals surface area contributed by atoms with Gasteiger partial charge in [0, 0.05) is 17.8 Å². The van der Waals surface area contributed by atoms with Crippen molar-refractivity contribution in [3.63, 3.8) is 0 Å². The molecule has 4 heteroatoms. The molecule has 0 radical (unpaired) electrons. The third kappa shape index (κ3) is 3.99. The van der Waals surface area contributed by atoms with Gasteiger partial charge in [0.15, 0.2) is 0 Å². The molecule has 0 saturated heterocycles. The Labute approximate surface area is 124 Å². The van der Waals surface area contributed by atoms with Crippen LogP contribution < -0.4 is 10.1 Å². The number of hydrogen-bond donors (Lipinski definition) is 2. The summed E-state index contributed by atoms with van der Waals surface area (Å²) in [5.74, 6) is -0.127. The Morgan fingerprint density at radius 2 is 1.81 bits per heavy atom. The summed E-state index contributed by atoms with van der Waals surface area (Å²) in [6.07, 6.45) is 0.0949. The number of benzene rings is 2. The van der Waals surface area contributed by atoms with Gasteiger partial charge in [0.2, 0.25) is 0 Å².